The van der Waals surface area contributed by atoms with Crippen LogP contribution in [0.3, 0.4) is 0 Å². The lowest BCUT2D eigenvalue weighted by atomic mass is 10.1. The molecule has 0 spiro atoms. The molecule has 1 fully saturated rings. The van der Waals surface area contributed by atoms with Gasteiger partial charge in [0.2, 0.25) is 5.91 Å². The highest BCUT2D eigenvalue weighted by atomic mass is 16.3. The molecule has 4 rings (SSSR count). The number of piperidine rings is 1. The molecule has 1 atom stereocenters. The number of aromatic nitrogens is 2. The molecule has 6 heteroatoms. The summed E-state index contributed by atoms with van der Waals surface area (Å²) in [7, 11) is 0. The molecule has 0 saturated carbocycles. The molecule has 1 aliphatic rings. The molecule has 0 aliphatic carbocycles. The van der Waals surface area contributed by atoms with E-state index in [0.717, 1.165) is 41.8 Å². The minimum atomic E-state index is -0.311. The number of aliphatic hydroxyl groups excluding tert-OH is 1. The zero-order chi connectivity index (χ0) is 19.3. The number of benzene rings is 1. The van der Waals surface area contributed by atoms with Gasteiger partial charge in [-0.1, -0.05) is 24.3 Å². The summed E-state index contributed by atoms with van der Waals surface area (Å²) in [5, 5.41) is 14.1. The van der Waals surface area contributed by atoms with Crippen molar-refractivity contribution < 1.29 is 9.90 Å². The Kier molecular flexibility index (Phi) is 5.58. The maximum Gasteiger partial charge on any atom is 0.220 e. The molecule has 28 heavy (non-hydrogen) atoms. The zero-order valence-electron chi connectivity index (χ0n) is 15.9. The van der Waals surface area contributed by atoms with Crippen LogP contribution in [0, 0.1) is 0 Å². The van der Waals surface area contributed by atoms with Crippen molar-refractivity contribution in [2.45, 2.75) is 38.3 Å². The van der Waals surface area contributed by atoms with Crippen LogP contribution < -0.4 is 10.2 Å². The molecule has 0 radical (unpaired) electrons. The summed E-state index contributed by atoms with van der Waals surface area (Å²) in [5.41, 5.74) is 3.24. The van der Waals surface area contributed by atoms with Crippen LogP contribution in [0.2, 0.25) is 0 Å². The SMILES string of the molecule is O=C(CCc1c[nH]c2ccccc12)NCc1cccnc1N1CCC[C@@H](O)C1. The average Bonchev–Trinajstić information content (AvgIpc) is 3.14. The summed E-state index contributed by atoms with van der Waals surface area (Å²) in [6.45, 7) is 1.93. The Morgan fingerprint density at radius 2 is 2.14 bits per heavy atom. The van der Waals surface area contributed by atoms with Crippen molar-refractivity contribution in [2.75, 3.05) is 18.0 Å². The number of fused-ring (bicyclic) bond motifs is 1. The van der Waals surface area contributed by atoms with Crippen LogP contribution in [0.4, 0.5) is 5.82 Å². The fourth-order valence-electron chi connectivity index (χ4n) is 3.87. The van der Waals surface area contributed by atoms with Crippen LogP contribution in [-0.4, -0.2) is 40.2 Å². The van der Waals surface area contributed by atoms with Gasteiger partial charge < -0.3 is 20.3 Å². The standard InChI is InChI=1S/C22H26N4O2/c27-18-6-4-12-26(15-18)22-17(5-3-11-23-22)14-25-21(28)10-9-16-13-24-20-8-2-1-7-19(16)20/h1-3,5,7-8,11,13,18,24,27H,4,6,9-10,12,14-15H2,(H,25,28)/t18-/m1/s1. The minimum absolute atomic E-state index is 0.0266. The van der Waals surface area contributed by atoms with Crippen molar-refractivity contribution in [3.8, 4) is 0 Å². The molecule has 0 unspecified atom stereocenters. The predicted molar refractivity (Wildman–Crippen MR) is 110 cm³/mol. The molecule has 3 aromatic rings. The van der Waals surface area contributed by atoms with Crippen molar-refractivity contribution in [3.05, 3.63) is 59.9 Å². The van der Waals surface area contributed by atoms with Gasteiger partial charge in [0.05, 0.1) is 6.10 Å². The third kappa shape index (κ3) is 4.17. The molecule has 1 aliphatic heterocycles. The number of nitrogens with one attached hydrogen (secondary N) is 2. The summed E-state index contributed by atoms with van der Waals surface area (Å²) in [6.07, 6.45) is 6.37. The largest absolute Gasteiger partial charge is 0.391 e. The molecular formula is C22H26N4O2. The second-order valence-electron chi connectivity index (χ2n) is 7.36. The Bertz CT molecular complexity index is 952. The quantitative estimate of drug-likeness (QED) is 0.616. The summed E-state index contributed by atoms with van der Waals surface area (Å²) in [6, 6.07) is 12.0. The predicted octanol–water partition coefficient (Wildman–Crippen LogP) is 2.77. The van der Waals surface area contributed by atoms with Crippen molar-refractivity contribution in [3.63, 3.8) is 0 Å². The highest BCUT2D eigenvalue weighted by Crippen LogP contribution is 2.22. The van der Waals surface area contributed by atoms with E-state index in [0.29, 0.717) is 25.9 Å². The Hall–Kier alpha value is -2.86. The Morgan fingerprint density at radius 3 is 3.04 bits per heavy atom. The van der Waals surface area contributed by atoms with Crippen LogP contribution in [-0.2, 0) is 17.8 Å². The minimum Gasteiger partial charge on any atom is -0.391 e. The number of aliphatic hydroxyl groups is 1. The first kappa shape index (κ1) is 18.5. The van der Waals surface area contributed by atoms with Crippen LogP contribution >= 0.6 is 0 Å². The van der Waals surface area contributed by atoms with Crippen LogP contribution in [0.5, 0.6) is 0 Å². The number of hydrogen-bond donors (Lipinski definition) is 3. The van der Waals surface area contributed by atoms with Gasteiger partial charge in [-0.25, -0.2) is 4.98 Å². The number of carbonyl (C=O) groups excluding carboxylic acids is 1. The number of aromatic amines is 1. The first-order chi connectivity index (χ1) is 13.7. The van der Waals surface area contributed by atoms with E-state index in [2.05, 4.69) is 26.3 Å². The second-order valence-corrected chi connectivity index (χ2v) is 7.36. The summed E-state index contributed by atoms with van der Waals surface area (Å²) in [5.74, 6) is 0.886. The van der Waals surface area contributed by atoms with Gasteiger partial charge in [-0.3, -0.25) is 4.79 Å². The van der Waals surface area contributed by atoms with Gasteiger partial charge in [-0.2, -0.15) is 0 Å². The Morgan fingerprint density at radius 1 is 1.25 bits per heavy atom. The smallest absolute Gasteiger partial charge is 0.220 e. The van der Waals surface area contributed by atoms with Gasteiger partial charge in [-0.05, 0) is 37.0 Å². The summed E-state index contributed by atoms with van der Waals surface area (Å²) < 4.78 is 0. The van der Waals surface area contributed by atoms with E-state index < -0.39 is 0 Å². The first-order valence-corrected chi connectivity index (χ1v) is 9.89. The van der Waals surface area contributed by atoms with Crippen molar-refractivity contribution >= 4 is 22.6 Å². The second kappa shape index (κ2) is 8.44. The van der Waals surface area contributed by atoms with Crippen molar-refractivity contribution in [2.24, 2.45) is 0 Å². The first-order valence-electron chi connectivity index (χ1n) is 9.89. The lowest BCUT2D eigenvalue weighted by Gasteiger charge is -2.32. The lowest BCUT2D eigenvalue weighted by Crippen LogP contribution is -2.39. The topological polar surface area (TPSA) is 81.2 Å². The molecule has 146 valence electrons. The van der Waals surface area contributed by atoms with Crippen LogP contribution in [0.1, 0.15) is 30.4 Å². The van der Waals surface area contributed by atoms with Crippen molar-refractivity contribution in [1.29, 1.82) is 0 Å². The number of aryl methyl sites for hydroxylation is 1. The number of hydrogen-bond acceptors (Lipinski definition) is 4. The fraction of sp³-hybridized carbons (Fsp3) is 0.364. The monoisotopic (exact) mass is 378 g/mol. The van der Waals surface area contributed by atoms with Gasteiger partial charge in [0, 0.05) is 54.9 Å². The molecule has 3 heterocycles. The van der Waals surface area contributed by atoms with E-state index >= 15 is 0 Å². The van der Waals surface area contributed by atoms with E-state index in [9.17, 15) is 9.90 Å². The van der Waals surface area contributed by atoms with Gasteiger partial charge in [0.1, 0.15) is 5.82 Å². The third-order valence-corrected chi connectivity index (χ3v) is 5.34. The fourth-order valence-corrected chi connectivity index (χ4v) is 3.87. The van der Waals surface area contributed by atoms with Gasteiger partial charge in [0.15, 0.2) is 0 Å². The van der Waals surface area contributed by atoms with Gasteiger partial charge >= 0.3 is 0 Å². The number of nitrogens with zero attached hydrogens (tertiary/aromatic N) is 2. The lowest BCUT2D eigenvalue weighted by molar-refractivity contribution is -0.121. The van der Waals surface area contributed by atoms with Crippen LogP contribution in [0.25, 0.3) is 10.9 Å². The number of pyridine rings is 1. The summed E-state index contributed by atoms with van der Waals surface area (Å²) in [4.78, 5) is 22.3. The van der Waals surface area contributed by atoms with E-state index in [1.165, 1.54) is 5.39 Å². The molecule has 1 amide bonds. The molecule has 1 saturated heterocycles. The van der Waals surface area contributed by atoms with E-state index in [1.807, 2.05) is 36.5 Å². The van der Waals surface area contributed by atoms with Gasteiger partial charge in [-0.15, -0.1) is 0 Å². The van der Waals surface area contributed by atoms with Crippen molar-refractivity contribution in [1.82, 2.24) is 15.3 Å². The number of H-pyrrole nitrogens is 1. The number of amides is 1. The molecule has 6 nitrogen and oxygen atoms in total. The normalized spacial score (nSPS) is 17.0. The Balaban J connectivity index is 1.35. The molecule has 2 aromatic heterocycles. The number of carbonyl (C=O) groups is 1. The highest BCUT2D eigenvalue weighted by molar-refractivity contribution is 5.84. The number of anilines is 1. The molecule has 3 N–H and O–H groups in total. The Labute approximate surface area is 164 Å². The number of β-amino-alcohol motifs (C(OH)–C–C–N with tert-alkyl or cyclic N) is 1. The van der Waals surface area contributed by atoms with E-state index in [1.54, 1.807) is 6.20 Å². The third-order valence-electron chi connectivity index (χ3n) is 5.34. The molecule has 1 aromatic carbocycles. The summed E-state index contributed by atoms with van der Waals surface area (Å²) >= 11 is 0. The average molecular weight is 378 g/mol. The van der Waals surface area contributed by atoms with E-state index in [4.69, 9.17) is 0 Å². The highest BCUT2D eigenvalue weighted by Gasteiger charge is 2.21. The molecular weight excluding hydrogens is 352 g/mol. The zero-order valence-corrected chi connectivity index (χ0v) is 15.9. The molecule has 0 bridgehead atoms. The number of rotatable bonds is 6. The van der Waals surface area contributed by atoms with Crippen LogP contribution in [0.15, 0.2) is 48.8 Å². The maximum absolute atomic E-state index is 12.4. The maximum atomic E-state index is 12.4. The van der Waals surface area contributed by atoms with E-state index in [-0.39, 0.29) is 12.0 Å². The number of para-hydroxylation sites is 1. The van der Waals surface area contributed by atoms with Gasteiger partial charge in [0.25, 0.3) is 0 Å².